The van der Waals surface area contributed by atoms with Gasteiger partial charge in [0.05, 0.1) is 16.1 Å². The van der Waals surface area contributed by atoms with E-state index in [1.165, 1.54) is 18.2 Å². The maximum Gasteiger partial charge on any atom is 0.418 e. The van der Waals surface area contributed by atoms with Crippen molar-refractivity contribution < 1.29 is 26.4 Å². The van der Waals surface area contributed by atoms with Crippen molar-refractivity contribution in [2.24, 2.45) is 5.92 Å². The molecule has 0 aliphatic carbocycles. The van der Waals surface area contributed by atoms with E-state index in [1.54, 1.807) is 12.1 Å². The summed E-state index contributed by atoms with van der Waals surface area (Å²) in [6.07, 6.45) is -3.08. The highest BCUT2D eigenvalue weighted by Gasteiger charge is 2.35. The first-order valence-corrected chi connectivity index (χ1v) is 10.5. The van der Waals surface area contributed by atoms with Crippen molar-refractivity contribution in [3.63, 3.8) is 0 Å². The van der Waals surface area contributed by atoms with Crippen molar-refractivity contribution in [2.45, 2.75) is 44.7 Å². The average molecular weight is 428 g/mol. The number of halogens is 3. The van der Waals surface area contributed by atoms with Crippen molar-refractivity contribution in [2.75, 3.05) is 10.0 Å². The van der Waals surface area contributed by atoms with Gasteiger partial charge in [-0.1, -0.05) is 26.0 Å². The first-order chi connectivity index (χ1) is 13.4. The number of carbonyl (C=O) groups excluding carboxylic acids is 1. The molecule has 0 aliphatic rings. The molecule has 0 heterocycles. The zero-order chi connectivity index (χ0) is 21.8. The highest BCUT2D eigenvalue weighted by atomic mass is 32.2. The topological polar surface area (TPSA) is 75.3 Å². The van der Waals surface area contributed by atoms with Crippen LogP contribution in [0.1, 0.15) is 38.3 Å². The number of rotatable bonds is 7. The largest absolute Gasteiger partial charge is 0.418 e. The van der Waals surface area contributed by atoms with Crippen LogP contribution in [0.2, 0.25) is 0 Å². The average Bonchev–Trinajstić information content (AvgIpc) is 2.60. The Hall–Kier alpha value is -2.55. The van der Waals surface area contributed by atoms with E-state index < -0.39 is 33.4 Å². The molecule has 0 radical (unpaired) electrons. The summed E-state index contributed by atoms with van der Waals surface area (Å²) in [5.41, 5.74) is -0.938. The van der Waals surface area contributed by atoms with Crippen LogP contribution in [0.3, 0.4) is 0 Å². The second-order valence-electron chi connectivity index (χ2n) is 7.12. The molecule has 1 amide bonds. The lowest BCUT2D eigenvalue weighted by Gasteiger charge is -2.16. The first kappa shape index (κ1) is 22.7. The molecule has 0 unspecified atom stereocenters. The number of anilines is 2. The second-order valence-corrected chi connectivity index (χ2v) is 8.80. The molecule has 29 heavy (non-hydrogen) atoms. The molecule has 0 fully saturated rings. The van der Waals surface area contributed by atoms with Crippen LogP contribution in [-0.2, 0) is 27.4 Å². The Balaban J connectivity index is 2.30. The van der Waals surface area contributed by atoms with Gasteiger partial charge < -0.3 is 5.32 Å². The number of sulfonamides is 1. The number of amides is 1. The predicted octanol–water partition coefficient (Wildman–Crippen LogP) is 5.05. The third-order valence-corrected chi connectivity index (χ3v) is 5.52. The summed E-state index contributed by atoms with van der Waals surface area (Å²) in [4.78, 5) is 10.9. The maximum atomic E-state index is 13.4. The van der Waals surface area contributed by atoms with Crippen LogP contribution in [0.5, 0.6) is 0 Å². The Morgan fingerprint density at radius 1 is 1.07 bits per heavy atom. The fraction of sp³-hybridized carbons (Fsp3) is 0.350. The molecular formula is C20H23F3N2O3S. The van der Waals surface area contributed by atoms with Crippen molar-refractivity contribution in [1.29, 1.82) is 0 Å². The molecule has 0 bridgehead atoms. The lowest BCUT2D eigenvalue weighted by atomic mass is 10.0. The number of aryl methyl sites for hydroxylation is 1. The molecule has 0 aliphatic heterocycles. The van der Waals surface area contributed by atoms with Crippen molar-refractivity contribution in [3.8, 4) is 0 Å². The van der Waals surface area contributed by atoms with Gasteiger partial charge in [0, 0.05) is 12.6 Å². The van der Waals surface area contributed by atoms with E-state index in [1.807, 2.05) is 4.72 Å². The number of hydrogen-bond acceptors (Lipinski definition) is 3. The number of carbonyl (C=O) groups is 1. The van der Waals surface area contributed by atoms with Crippen molar-refractivity contribution >= 4 is 27.3 Å². The lowest BCUT2D eigenvalue weighted by Crippen LogP contribution is -2.18. The minimum absolute atomic E-state index is 0.0812. The smallest absolute Gasteiger partial charge is 0.326 e. The van der Waals surface area contributed by atoms with E-state index in [-0.39, 0.29) is 10.6 Å². The van der Waals surface area contributed by atoms with Crippen LogP contribution in [0.4, 0.5) is 24.5 Å². The van der Waals surface area contributed by atoms with Gasteiger partial charge in [-0.15, -0.1) is 0 Å². The molecule has 2 aromatic rings. The van der Waals surface area contributed by atoms with Gasteiger partial charge in [-0.3, -0.25) is 9.52 Å². The third kappa shape index (κ3) is 6.49. The summed E-state index contributed by atoms with van der Waals surface area (Å²) < 4.78 is 67.3. The van der Waals surface area contributed by atoms with Crippen LogP contribution in [0, 0.1) is 5.92 Å². The Bertz CT molecular complexity index is 969. The summed E-state index contributed by atoms with van der Waals surface area (Å²) in [7, 11) is -4.22. The molecule has 0 saturated heterocycles. The van der Waals surface area contributed by atoms with Gasteiger partial charge in [-0.2, -0.15) is 13.2 Å². The van der Waals surface area contributed by atoms with Gasteiger partial charge in [0.2, 0.25) is 5.91 Å². The molecule has 2 aromatic carbocycles. The zero-order valence-corrected chi connectivity index (χ0v) is 17.1. The van der Waals surface area contributed by atoms with Gasteiger partial charge in [0.1, 0.15) is 0 Å². The van der Waals surface area contributed by atoms with Crippen LogP contribution in [0.25, 0.3) is 0 Å². The molecule has 9 heteroatoms. The number of benzene rings is 2. The fourth-order valence-corrected chi connectivity index (χ4v) is 3.72. The van der Waals surface area contributed by atoms with Gasteiger partial charge in [0.15, 0.2) is 0 Å². The van der Waals surface area contributed by atoms with E-state index >= 15 is 0 Å². The van der Waals surface area contributed by atoms with Gasteiger partial charge in [-0.05, 0) is 54.7 Å². The Morgan fingerprint density at radius 2 is 1.69 bits per heavy atom. The van der Waals surface area contributed by atoms with Crippen LogP contribution in [0.15, 0.2) is 47.4 Å². The first-order valence-electron chi connectivity index (χ1n) is 8.99. The van der Waals surface area contributed by atoms with Crippen LogP contribution < -0.4 is 10.0 Å². The Labute approximate surface area is 168 Å². The molecule has 0 atom stereocenters. The quantitative estimate of drug-likeness (QED) is 0.648. The Morgan fingerprint density at radius 3 is 2.21 bits per heavy atom. The summed E-state index contributed by atoms with van der Waals surface area (Å²) in [6.45, 7) is 5.32. The molecule has 0 saturated carbocycles. The number of alkyl halides is 3. The minimum Gasteiger partial charge on any atom is -0.326 e. The van der Waals surface area contributed by atoms with Gasteiger partial charge >= 0.3 is 6.18 Å². The minimum atomic E-state index is -4.81. The molecule has 158 valence electrons. The van der Waals surface area contributed by atoms with Crippen LogP contribution in [-0.4, -0.2) is 14.3 Å². The van der Waals surface area contributed by atoms with E-state index in [9.17, 15) is 26.4 Å². The van der Waals surface area contributed by atoms with Crippen molar-refractivity contribution in [3.05, 3.63) is 53.6 Å². The molecule has 0 spiro atoms. The lowest BCUT2D eigenvalue weighted by molar-refractivity contribution is -0.136. The summed E-state index contributed by atoms with van der Waals surface area (Å²) in [6, 6.07) is 8.91. The second kappa shape index (κ2) is 8.86. The Kier molecular flexibility index (Phi) is 6.94. The zero-order valence-electron chi connectivity index (χ0n) is 16.3. The molecule has 0 aromatic heterocycles. The summed E-state index contributed by atoms with van der Waals surface area (Å²) in [5, 5.41) is 2.25. The number of nitrogens with one attached hydrogen (secondary N) is 2. The third-order valence-electron chi connectivity index (χ3n) is 4.13. The molecule has 2 N–H and O–H groups in total. The monoisotopic (exact) mass is 428 g/mol. The highest BCUT2D eigenvalue weighted by molar-refractivity contribution is 7.92. The number of hydrogen-bond donors (Lipinski definition) is 2. The predicted molar refractivity (Wildman–Crippen MR) is 106 cm³/mol. The summed E-state index contributed by atoms with van der Waals surface area (Å²) >= 11 is 0. The van der Waals surface area contributed by atoms with Crippen molar-refractivity contribution in [1.82, 2.24) is 0 Å². The standard InChI is InChI=1S/C20H23F3N2O3S/c1-13(2)4-5-15-6-9-17(10-7-15)29(27,28)25-19-11-8-16(24-14(3)26)12-18(19)20(21,22)23/h6-13,25H,4-5H2,1-3H3,(H,24,26). The van der Waals surface area contributed by atoms with E-state index in [4.69, 9.17) is 0 Å². The summed E-state index contributed by atoms with van der Waals surface area (Å²) in [5.74, 6) is -0.0367. The molecule has 5 nitrogen and oxygen atoms in total. The SMILES string of the molecule is CC(=O)Nc1ccc(NS(=O)(=O)c2ccc(CCC(C)C)cc2)c(C(F)(F)F)c1. The highest BCUT2D eigenvalue weighted by Crippen LogP contribution is 2.37. The van der Waals surface area contributed by atoms with Crippen LogP contribution >= 0.6 is 0 Å². The van der Waals surface area contributed by atoms with E-state index in [0.29, 0.717) is 12.0 Å². The fourth-order valence-electron chi connectivity index (χ4n) is 2.64. The van der Waals surface area contributed by atoms with E-state index in [2.05, 4.69) is 19.2 Å². The normalized spacial score (nSPS) is 12.1. The van der Waals surface area contributed by atoms with Gasteiger partial charge in [-0.25, -0.2) is 8.42 Å². The molecular weight excluding hydrogens is 405 g/mol. The van der Waals surface area contributed by atoms with Gasteiger partial charge in [0.25, 0.3) is 10.0 Å². The molecule has 2 rings (SSSR count). The maximum absolute atomic E-state index is 13.4. The van der Waals surface area contributed by atoms with E-state index in [0.717, 1.165) is 31.4 Å².